The molecular formula is C11H12O4. The number of phenols is 2. The Morgan fingerprint density at radius 2 is 2.07 bits per heavy atom. The van der Waals surface area contributed by atoms with E-state index in [1.54, 1.807) is 13.0 Å². The normalized spacial score (nSPS) is 10.5. The topological polar surface area (TPSA) is 66.8 Å². The van der Waals surface area contributed by atoms with Crippen LogP contribution in [0.25, 0.3) is 6.08 Å². The standard InChI is InChI=1S/C11H12O4/c1-7-8(4-6-10(13)15-2)3-5-9(12)11(7)14/h3-6,12,14H,1-2H3. The number of aromatic hydroxyl groups is 2. The fraction of sp³-hybridized carbons (Fsp3) is 0.182. The van der Waals surface area contributed by atoms with E-state index in [2.05, 4.69) is 4.74 Å². The zero-order valence-electron chi connectivity index (χ0n) is 8.52. The molecule has 80 valence electrons. The summed E-state index contributed by atoms with van der Waals surface area (Å²) in [7, 11) is 1.29. The molecule has 0 aliphatic rings. The van der Waals surface area contributed by atoms with Crippen molar-refractivity contribution in [2.75, 3.05) is 7.11 Å². The lowest BCUT2D eigenvalue weighted by atomic mass is 10.1. The summed E-state index contributed by atoms with van der Waals surface area (Å²) in [5, 5.41) is 18.6. The quantitative estimate of drug-likeness (QED) is 0.440. The van der Waals surface area contributed by atoms with E-state index in [1.807, 2.05) is 0 Å². The molecule has 0 aromatic heterocycles. The average molecular weight is 208 g/mol. The van der Waals surface area contributed by atoms with Crippen molar-refractivity contribution in [1.29, 1.82) is 0 Å². The van der Waals surface area contributed by atoms with Crippen LogP contribution in [0.15, 0.2) is 18.2 Å². The minimum absolute atomic E-state index is 0.178. The molecule has 0 unspecified atom stereocenters. The molecule has 0 aliphatic carbocycles. The maximum atomic E-state index is 10.8. The Balaban J connectivity index is 3.02. The first-order valence-electron chi connectivity index (χ1n) is 4.34. The predicted molar refractivity (Wildman–Crippen MR) is 55.6 cm³/mol. The second kappa shape index (κ2) is 4.50. The van der Waals surface area contributed by atoms with Gasteiger partial charge in [0.05, 0.1) is 7.11 Å². The third kappa shape index (κ3) is 2.49. The van der Waals surface area contributed by atoms with Gasteiger partial charge in [-0.3, -0.25) is 0 Å². The monoisotopic (exact) mass is 208 g/mol. The molecule has 0 fully saturated rings. The van der Waals surface area contributed by atoms with Crippen LogP contribution >= 0.6 is 0 Å². The maximum Gasteiger partial charge on any atom is 0.330 e. The van der Waals surface area contributed by atoms with Crippen LogP contribution in [0.2, 0.25) is 0 Å². The number of hydrogen-bond donors (Lipinski definition) is 2. The Morgan fingerprint density at radius 3 is 2.67 bits per heavy atom. The van der Waals surface area contributed by atoms with Crippen LogP contribution in [-0.2, 0) is 9.53 Å². The third-order valence-corrected chi connectivity index (χ3v) is 2.05. The van der Waals surface area contributed by atoms with Crippen LogP contribution in [0.4, 0.5) is 0 Å². The molecule has 1 rings (SSSR count). The number of methoxy groups -OCH3 is 1. The lowest BCUT2D eigenvalue weighted by Crippen LogP contribution is -1.93. The van der Waals surface area contributed by atoms with Gasteiger partial charge in [-0.05, 0) is 24.6 Å². The number of hydrogen-bond acceptors (Lipinski definition) is 4. The zero-order valence-corrected chi connectivity index (χ0v) is 8.52. The molecule has 15 heavy (non-hydrogen) atoms. The molecule has 2 N–H and O–H groups in total. The van der Waals surface area contributed by atoms with Crippen LogP contribution in [0.3, 0.4) is 0 Å². The van der Waals surface area contributed by atoms with Gasteiger partial charge in [-0.1, -0.05) is 6.07 Å². The van der Waals surface area contributed by atoms with Gasteiger partial charge in [-0.25, -0.2) is 4.79 Å². The van der Waals surface area contributed by atoms with E-state index in [1.165, 1.54) is 25.3 Å². The SMILES string of the molecule is COC(=O)C=Cc1ccc(O)c(O)c1C. The molecule has 0 spiro atoms. The predicted octanol–water partition coefficient (Wildman–Crippen LogP) is 1.59. The highest BCUT2D eigenvalue weighted by molar-refractivity contribution is 5.87. The van der Waals surface area contributed by atoms with Crippen LogP contribution in [0.5, 0.6) is 11.5 Å². The highest BCUT2D eigenvalue weighted by Crippen LogP contribution is 2.30. The molecule has 0 bridgehead atoms. The van der Waals surface area contributed by atoms with E-state index >= 15 is 0 Å². The van der Waals surface area contributed by atoms with Gasteiger partial charge in [0.25, 0.3) is 0 Å². The van der Waals surface area contributed by atoms with Crippen molar-refractivity contribution in [2.45, 2.75) is 6.92 Å². The van der Waals surface area contributed by atoms with E-state index in [0.29, 0.717) is 11.1 Å². The minimum atomic E-state index is -0.470. The molecule has 0 saturated carbocycles. The number of carbonyl (C=O) groups excluding carboxylic acids is 1. The van der Waals surface area contributed by atoms with Crippen LogP contribution < -0.4 is 0 Å². The number of carbonyl (C=O) groups is 1. The van der Waals surface area contributed by atoms with E-state index in [0.717, 1.165) is 0 Å². The smallest absolute Gasteiger partial charge is 0.330 e. The minimum Gasteiger partial charge on any atom is -0.504 e. The number of phenolic OH excluding ortho intramolecular Hbond substituents is 2. The molecule has 0 saturated heterocycles. The Labute approximate surface area is 87.4 Å². The summed E-state index contributed by atoms with van der Waals surface area (Å²) in [6.07, 6.45) is 2.76. The Hall–Kier alpha value is -1.97. The van der Waals surface area contributed by atoms with Crippen molar-refractivity contribution in [2.24, 2.45) is 0 Å². The van der Waals surface area contributed by atoms with Gasteiger partial charge >= 0.3 is 5.97 Å². The summed E-state index contributed by atoms with van der Waals surface area (Å²) >= 11 is 0. The number of rotatable bonds is 2. The Bertz CT molecular complexity index is 407. The van der Waals surface area contributed by atoms with Crippen molar-refractivity contribution in [1.82, 2.24) is 0 Å². The Morgan fingerprint density at radius 1 is 1.40 bits per heavy atom. The van der Waals surface area contributed by atoms with Crippen molar-refractivity contribution in [3.63, 3.8) is 0 Å². The Kier molecular flexibility index (Phi) is 3.33. The zero-order chi connectivity index (χ0) is 11.4. The molecule has 0 atom stereocenters. The first-order chi connectivity index (χ1) is 7.06. The van der Waals surface area contributed by atoms with Gasteiger partial charge in [0, 0.05) is 11.6 Å². The lowest BCUT2D eigenvalue weighted by molar-refractivity contribution is -0.134. The fourth-order valence-corrected chi connectivity index (χ4v) is 1.11. The van der Waals surface area contributed by atoms with Crippen molar-refractivity contribution in [3.05, 3.63) is 29.3 Å². The number of benzene rings is 1. The summed E-state index contributed by atoms with van der Waals surface area (Å²) < 4.78 is 4.43. The van der Waals surface area contributed by atoms with Gasteiger partial charge in [-0.15, -0.1) is 0 Å². The molecule has 0 heterocycles. The summed E-state index contributed by atoms with van der Waals surface area (Å²) in [4.78, 5) is 10.8. The first-order valence-corrected chi connectivity index (χ1v) is 4.34. The summed E-state index contributed by atoms with van der Waals surface area (Å²) in [6, 6.07) is 2.96. The third-order valence-electron chi connectivity index (χ3n) is 2.05. The average Bonchev–Trinajstić information content (AvgIpc) is 2.24. The van der Waals surface area contributed by atoms with Crippen molar-refractivity contribution < 1.29 is 19.7 Å². The molecular weight excluding hydrogens is 196 g/mol. The van der Waals surface area contributed by atoms with Crippen LogP contribution in [-0.4, -0.2) is 23.3 Å². The fourth-order valence-electron chi connectivity index (χ4n) is 1.11. The summed E-state index contributed by atoms with van der Waals surface area (Å²) in [6.45, 7) is 1.64. The van der Waals surface area contributed by atoms with E-state index in [4.69, 9.17) is 0 Å². The van der Waals surface area contributed by atoms with Gasteiger partial charge in [0.15, 0.2) is 11.5 Å². The van der Waals surface area contributed by atoms with E-state index < -0.39 is 5.97 Å². The highest BCUT2D eigenvalue weighted by Gasteiger charge is 2.05. The second-order valence-corrected chi connectivity index (χ2v) is 3.00. The molecule has 1 aromatic rings. The van der Waals surface area contributed by atoms with Crippen molar-refractivity contribution >= 4 is 12.0 Å². The maximum absolute atomic E-state index is 10.8. The summed E-state index contributed by atoms with van der Waals surface area (Å²) in [5.74, 6) is -0.827. The van der Waals surface area contributed by atoms with E-state index in [9.17, 15) is 15.0 Å². The summed E-state index contributed by atoms with van der Waals surface area (Å²) in [5.41, 5.74) is 1.16. The van der Waals surface area contributed by atoms with E-state index in [-0.39, 0.29) is 11.5 Å². The molecule has 0 aliphatic heterocycles. The second-order valence-electron chi connectivity index (χ2n) is 3.00. The number of ether oxygens (including phenoxy) is 1. The largest absolute Gasteiger partial charge is 0.504 e. The molecule has 4 heteroatoms. The molecule has 4 nitrogen and oxygen atoms in total. The molecule has 0 radical (unpaired) electrons. The lowest BCUT2D eigenvalue weighted by Gasteiger charge is -2.04. The molecule has 1 aromatic carbocycles. The van der Waals surface area contributed by atoms with Crippen molar-refractivity contribution in [3.8, 4) is 11.5 Å². The van der Waals surface area contributed by atoms with Crippen LogP contribution in [0.1, 0.15) is 11.1 Å². The van der Waals surface area contributed by atoms with Gasteiger partial charge in [0.2, 0.25) is 0 Å². The van der Waals surface area contributed by atoms with Gasteiger partial charge in [0.1, 0.15) is 0 Å². The molecule has 0 amide bonds. The first kappa shape index (κ1) is 11.1. The highest BCUT2D eigenvalue weighted by atomic mass is 16.5. The van der Waals surface area contributed by atoms with Crippen LogP contribution in [0, 0.1) is 6.92 Å². The van der Waals surface area contributed by atoms with Gasteiger partial charge in [-0.2, -0.15) is 0 Å². The number of esters is 1. The van der Waals surface area contributed by atoms with Gasteiger partial charge < -0.3 is 14.9 Å².